The van der Waals surface area contributed by atoms with Crippen molar-refractivity contribution in [2.45, 2.75) is 30.3 Å². The minimum absolute atomic E-state index is 0.0996. The van der Waals surface area contributed by atoms with E-state index in [4.69, 9.17) is 5.11 Å². The molecule has 1 saturated carbocycles. The fourth-order valence-electron chi connectivity index (χ4n) is 2.50. The average Bonchev–Trinajstić information content (AvgIpc) is 3.37. The minimum Gasteiger partial charge on any atom is -0.478 e. The number of carboxylic acid groups (broad SMARTS) is 1. The molecule has 1 fully saturated rings. The third-order valence-electron chi connectivity index (χ3n) is 3.91. The molecule has 0 aromatic heterocycles. The molecule has 24 heavy (non-hydrogen) atoms. The second-order valence-corrected chi connectivity index (χ2v) is 7.60. The van der Waals surface area contributed by atoms with Crippen molar-refractivity contribution in [1.82, 2.24) is 4.31 Å². The van der Waals surface area contributed by atoms with Crippen molar-refractivity contribution in [3.05, 3.63) is 65.5 Å². The van der Waals surface area contributed by atoms with Crippen LogP contribution in [-0.2, 0) is 16.6 Å². The summed E-state index contributed by atoms with van der Waals surface area (Å²) < 4.78 is 41.0. The molecule has 0 atom stereocenters. The van der Waals surface area contributed by atoms with Gasteiger partial charge in [-0.25, -0.2) is 17.6 Å². The lowest BCUT2D eigenvalue weighted by molar-refractivity contribution is 0.0691. The zero-order valence-corrected chi connectivity index (χ0v) is 13.5. The normalized spacial score (nSPS) is 14.8. The second-order valence-electron chi connectivity index (χ2n) is 5.71. The Morgan fingerprint density at radius 1 is 1.17 bits per heavy atom. The molecule has 0 unspecified atom stereocenters. The van der Waals surface area contributed by atoms with E-state index in [2.05, 4.69) is 0 Å². The maximum absolute atomic E-state index is 13.9. The Hall–Kier alpha value is -2.25. The number of halogens is 1. The van der Waals surface area contributed by atoms with Gasteiger partial charge < -0.3 is 5.11 Å². The van der Waals surface area contributed by atoms with Gasteiger partial charge in [0.05, 0.1) is 10.5 Å². The zero-order valence-electron chi connectivity index (χ0n) is 12.7. The van der Waals surface area contributed by atoms with Crippen LogP contribution in [-0.4, -0.2) is 29.8 Å². The molecule has 0 spiro atoms. The van der Waals surface area contributed by atoms with Gasteiger partial charge in [-0.2, -0.15) is 4.31 Å². The largest absolute Gasteiger partial charge is 0.478 e. The van der Waals surface area contributed by atoms with Crippen LogP contribution in [0.3, 0.4) is 0 Å². The maximum Gasteiger partial charge on any atom is 0.338 e. The number of benzene rings is 2. The van der Waals surface area contributed by atoms with Crippen molar-refractivity contribution in [3.63, 3.8) is 0 Å². The molecular weight excluding hydrogens is 333 g/mol. The van der Waals surface area contributed by atoms with Gasteiger partial charge in [0.15, 0.2) is 0 Å². The SMILES string of the molecule is O=C(O)c1ccc(S(=O)(=O)N(Cc2ccccc2)C2CC2)cc1F. The van der Waals surface area contributed by atoms with E-state index in [1.807, 2.05) is 30.3 Å². The van der Waals surface area contributed by atoms with Gasteiger partial charge in [0, 0.05) is 12.6 Å². The van der Waals surface area contributed by atoms with Gasteiger partial charge in [0.25, 0.3) is 0 Å². The van der Waals surface area contributed by atoms with Crippen molar-refractivity contribution in [2.75, 3.05) is 0 Å². The van der Waals surface area contributed by atoms with Gasteiger partial charge in [-0.05, 0) is 36.6 Å². The standard InChI is InChI=1S/C17H16FNO4S/c18-16-10-14(8-9-15(16)17(20)21)24(22,23)19(13-6-7-13)11-12-4-2-1-3-5-12/h1-5,8-10,13H,6-7,11H2,(H,20,21). The van der Waals surface area contributed by atoms with Crippen molar-refractivity contribution >= 4 is 16.0 Å². The first-order chi connectivity index (χ1) is 11.4. The molecule has 126 valence electrons. The van der Waals surface area contributed by atoms with Crippen LogP contribution in [0.1, 0.15) is 28.8 Å². The predicted molar refractivity (Wildman–Crippen MR) is 85.6 cm³/mol. The number of nitrogens with zero attached hydrogens (tertiary/aromatic N) is 1. The highest BCUT2D eigenvalue weighted by molar-refractivity contribution is 7.89. The van der Waals surface area contributed by atoms with E-state index in [1.165, 1.54) is 4.31 Å². The number of hydrogen-bond donors (Lipinski definition) is 1. The van der Waals surface area contributed by atoms with Crippen molar-refractivity contribution in [2.24, 2.45) is 0 Å². The molecule has 0 radical (unpaired) electrons. The van der Waals surface area contributed by atoms with Crippen LogP contribution >= 0.6 is 0 Å². The molecule has 2 aromatic carbocycles. The van der Waals surface area contributed by atoms with Crippen LogP contribution in [0.5, 0.6) is 0 Å². The summed E-state index contributed by atoms with van der Waals surface area (Å²) in [6.07, 6.45) is 1.53. The number of aromatic carboxylic acids is 1. The summed E-state index contributed by atoms with van der Waals surface area (Å²) >= 11 is 0. The molecule has 1 aliphatic rings. The lowest BCUT2D eigenvalue weighted by atomic mass is 10.2. The first-order valence-electron chi connectivity index (χ1n) is 7.48. The van der Waals surface area contributed by atoms with E-state index < -0.39 is 27.4 Å². The molecule has 7 heteroatoms. The number of carboxylic acids is 1. The summed E-state index contributed by atoms with van der Waals surface area (Å²) in [4.78, 5) is 10.6. The monoisotopic (exact) mass is 349 g/mol. The van der Waals surface area contributed by atoms with Crippen LogP contribution in [0.2, 0.25) is 0 Å². The Bertz CT molecular complexity index is 863. The van der Waals surface area contributed by atoms with E-state index >= 15 is 0 Å². The first kappa shape index (κ1) is 16.6. The molecule has 0 saturated heterocycles. The Labute approximate surface area is 139 Å². The quantitative estimate of drug-likeness (QED) is 0.870. The van der Waals surface area contributed by atoms with Crippen LogP contribution in [0.25, 0.3) is 0 Å². The fraction of sp³-hybridized carbons (Fsp3) is 0.235. The predicted octanol–water partition coefficient (Wildman–Crippen LogP) is 2.88. The van der Waals surface area contributed by atoms with Gasteiger partial charge in [-0.3, -0.25) is 0 Å². The van der Waals surface area contributed by atoms with E-state index in [-0.39, 0.29) is 17.5 Å². The lowest BCUT2D eigenvalue weighted by Gasteiger charge is -2.22. The van der Waals surface area contributed by atoms with Crippen molar-refractivity contribution in [3.8, 4) is 0 Å². The Balaban J connectivity index is 1.95. The van der Waals surface area contributed by atoms with Gasteiger partial charge in [0.2, 0.25) is 10.0 Å². The third kappa shape index (κ3) is 3.32. The summed E-state index contributed by atoms with van der Waals surface area (Å²) in [5, 5.41) is 8.86. The number of rotatable bonds is 6. The van der Waals surface area contributed by atoms with Crippen LogP contribution in [0.4, 0.5) is 4.39 Å². The molecular formula is C17H16FNO4S. The van der Waals surface area contributed by atoms with Gasteiger partial charge in [0.1, 0.15) is 5.82 Å². The van der Waals surface area contributed by atoms with Gasteiger partial charge in [-0.1, -0.05) is 30.3 Å². The highest BCUT2D eigenvalue weighted by Gasteiger charge is 2.38. The van der Waals surface area contributed by atoms with Crippen LogP contribution < -0.4 is 0 Å². The molecule has 5 nitrogen and oxygen atoms in total. The summed E-state index contributed by atoms with van der Waals surface area (Å²) in [5.41, 5.74) is 0.297. The maximum atomic E-state index is 13.9. The van der Waals surface area contributed by atoms with Crippen molar-refractivity contribution in [1.29, 1.82) is 0 Å². The fourth-order valence-corrected chi connectivity index (χ4v) is 4.19. The van der Waals surface area contributed by atoms with Crippen molar-refractivity contribution < 1.29 is 22.7 Å². The first-order valence-corrected chi connectivity index (χ1v) is 8.92. The molecule has 2 aromatic rings. The highest BCUT2D eigenvalue weighted by Crippen LogP contribution is 2.33. The average molecular weight is 349 g/mol. The molecule has 1 N–H and O–H groups in total. The summed E-state index contributed by atoms with van der Waals surface area (Å²) in [6, 6.07) is 12.0. The number of carbonyl (C=O) groups is 1. The molecule has 3 rings (SSSR count). The Morgan fingerprint density at radius 3 is 2.38 bits per heavy atom. The topological polar surface area (TPSA) is 74.7 Å². The molecule has 0 aliphatic heterocycles. The lowest BCUT2D eigenvalue weighted by Crippen LogP contribution is -2.32. The summed E-state index contributed by atoms with van der Waals surface area (Å²) in [5.74, 6) is -2.49. The highest BCUT2D eigenvalue weighted by atomic mass is 32.2. The number of hydrogen-bond acceptors (Lipinski definition) is 3. The van der Waals surface area contributed by atoms with E-state index in [9.17, 15) is 17.6 Å². The smallest absolute Gasteiger partial charge is 0.338 e. The van der Waals surface area contributed by atoms with E-state index in [1.54, 1.807) is 0 Å². The second kappa shape index (κ2) is 6.33. The summed E-state index contributed by atoms with van der Waals surface area (Å²) in [6.45, 7) is 0.205. The van der Waals surface area contributed by atoms with E-state index in [0.717, 1.165) is 36.6 Å². The number of sulfonamides is 1. The zero-order chi connectivity index (χ0) is 17.3. The van der Waals surface area contributed by atoms with Gasteiger partial charge >= 0.3 is 5.97 Å². The minimum atomic E-state index is -3.90. The van der Waals surface area contributed by atoms with Crippen LogP contribution in [0, 0.1) is 5.82 Å². The Kier molecular flexibility index (Phi) is 4.38. The molecule has 0 heterocycles. The Morgan fingerprint density at radius 2 is 1.83 bits per heavy atom. The van der Waals surface area contributed by atoms with Gasteiger partial charge in [-0.15, -0.1) is 0 Å². The molecule has 0 bridgehead atoms. The molecule has 1 aliphatic carbocycles. The molecule has 0 amide bonds. The third-order valence-corrected chi connectivity index (χ3v) is 5.81. The van der Waals surface area contributed by atoms with Crippen LogP contribution in [0.15, 0.2) is 53.4 Å². The summed E-state index contributed by atoms with van der Waals surface area (Å²) in [7, 11) is -3.90. The van der Waals surface area contributed by atoms with E-state index in [0.29, 0.717) is 0 Å².